The van der Waals surface area contributed by atoms with Crippen molar-refractivity contribution in [3.63, 3.8) is 0 Å². The Morgan fingerprint density at radius 1 is 1.04 bits per heavy atom. The molecule has 7 heteroatoms. The van der Waals surface area contributed by atoms with E-state index in [0.717, 1.165) is 28.0 Å². The Hall–Kier alpha value is -3.48. The van der Waals surface area contributed by atoms with Gasteiger partial charge in [0.1, 0.15) is 12.1 Å². The van der Waals surface area contributed by atoms with E-state index in [1.807, 2.05) is 54.6 Å². The summed E-state index contributed by atoms with van der Waals surface area (Å²) in [5, 5.41) is 10.9. The third-order valence-electron chi connectivity index (χ3n) is 5.20. The second-order valence-electron chi connectivity index (χ2n) is 6.75. The minimum atomic E-state index is -0.976. The average molecular weight is 360 g/mol. The predicted octanol–water partition coefficient (Wildman–Crippen LogP) is 2.63. The van der Waals surface area contributed by atoms with Gasteiger partial charge in [-0.2, -0.15) is 0 Å². The quantitative estimate of drug-likeness (QED) is 0.726. The number of carbonyl (C=O) groups is 2. The second kappa shape index (κ2) is 5.77. The zero-order valence-corrected chi connectivity index (χ0v) is 14.4. The molecule has 1 fully saturated rings. The topological polar surface area (TPSA) is 88.3 Å². The maximum atomic E-state index is 13.1. The third-order valence-corrected chi connectivity index (χ3v) is 5.20. The van der Waals surface area contributed by atoms with Crippen molar-refractivity contribution in [2.24, 2.45) is 0 Å². The van der Waals surface area contributed by atoms with Crippen LogP contribution in [-0.4, -0.2) is 27.0 Å². The SMILES string of the molecule is O=C1NC2(CCc3ccccc32)C(=O)N1Cc1nnc(-c2ccccc2)o1. The Balaban J connectivity index is 1.42. The molecule has 3 aromatic rings. The highest BCUT2D eigenvalue weighted by Gasteiger charge is 2.55. The molecule has 1 N–H and O–H groups in total. The summed E-state index contributed by atoms with van der Waals surface area (Å²) in [5.74, 6) is 0.316. The standard InChI is InChI=1S/C20H16N4O3/c25-18-20(11-10-13-6-4-5-9-15(13)20)21-19(26)24(18)12-16-22-23-17(27-16)14-7-2-1-3-8-14/h1-9H,10-12H2,(H,21,26). The van der Waals surface area contributed by atoms with Crippen LogP contribution in [0.25, 0.3) is 11.5 Å². The molecule has 1 aliphatic heterocycles. The zero-order chi connectivity index (χ0) is 18.4. The molecule has 1 spiro atoms. The molecular weight excluding hydrogens is 344 g/mol. The van der Waals surface area contributed by atoms with Gasteiger partial charge in [-0.15, -0.1) is 10.2 Å². The summed E-state index contributed by atoms with van der Waals surface area (Å²) < 4.78 is 5.65. The van der Waals surface area contributed by atoms with Gasteiger partial charge in [-0.25, -0.2) is 4.79 Å². The van der Waals surface area contributed by atoms with Crippen molar-refractivity contribution in [2.75, 3.05) is 0 Å². The summed E-state index contributed by atoms with van der Waals surface area (Å²) in [7, 11) is 0. The van der Waals surface area contributed by atoms with Gasteiger partial charge in [0, 0.05) is 5.56 Å². The van der Waals surface area contributed by atoms with Gasteiger partial charge >= 0.3 is 6.03 Å². The Kier molecular flexibility index (Phi) is 3.36. The average Bonchev–Trinajstić information content (AvgIpc) is 3.38. The number of aromatic nitrogens is 2. The number of benzene rings is 2. The molecule has 1 unspecified atom stereocenters. The van der Waals surface area contributed by atoms with Gasteiger partial charge < -0.3 is 9.73 Å². The largest absolute Gasteiger partial charge is 0.419 e. The van der Waals surface area contributed by atoms with Crippen LogP contribution in [0.1, 0.15) is 23.4 Å². The number of hydrogen-bond acceptors (Lipinski definition) is 5. The number of imide groups is 1. The van der Waals surface area contributed by atoms with Gasteiger partial charge in [0.15, 0.2) is 0 Å². The lowest BCUT2D eigenvalue weighted by Gasteiger charge is -2.21. The normalized spacial score (nSPS) is 21.0. The van der Waals surface area contributed by atoms with E-state index in [9.17, 15) is 9.59 Å². The summed E-state index contributed by atoms with van der Waals surface area (Å²) in [6, 6.07) is 16.7. The van der Waals surface area contributed by atoms with E-state index in [-0.39, 0.29) is 18.3 Å². The number of nitrogens with zero attached hydrogens (tertiary/aromatic N) is 3. The predicted molar refractivity (Wildman–Crippen MR) is 95.3 cm³/mol. The van der Waals surface area contributed by atoms with Crippen molar-refractivity contribution < 1.29 is 14.0 Å². The first kappa shape index (κ1) is 15.7. The number of amides is 3. The van der Waals surface area contributed by atoms with Crippen LogP contribution in [0.3, 0.4) is 0 Å². The molecule has 134 valence electrons. The third kappa shape index (κ3) is 2.35. The van der Waals surface area contributed by atoms with Crippen LogP contribution in [-0.2, 0) is 23.3 Å². The molecular formula is C20H16N4O3. The first-order valence-corrected chi connectivity index (χ1v) is 8.78. The van der Waals surface area contributed by atoms with Crippen molar-refractivity contribution in [2.45, 2.75) is 24.9 Å². The van der Waals surface area contributed by atoms with E-state index in [2.05, 4.69) is 15.5 Å². The van der Waals surface area contributed by atoms with Gasteiger partial charge in [-0.3, -0.25) is 9.69 Å². The fourth-order valence-corrected chi connectivity index (χ4v) is 3.88. The lowest BCUT2D eigenvalue weighted by molar-refractivity contribution is -0.132. The first-order chi connectivity index (χ1) is 13.2. The molecule has 0 radical (unpaired) electrons. The van der Waals surface area contributed by atoms with E-state index in [1.54, 1.807) is 0 Å². The van der Waals surface area contributed by atoms with Crippen LogP contribution in [0, 0.1) is 0 Å². The molecule has 1 aromatic heterocycles. The molecule has 7 nitrogen and oxygen atoms in total. The van der Waals surface area contributed by atoms with Crippen LogP contribution in [0.4, 0.5) is 4.79 Å². The van der Waals surface area contributed by atoms with Crippen LogP contribution in [0.5, 0.6) is 0 Å². The number of rotatable bonds is 3. The Bertz CT molecular complexity index is 1050. The van der Waals surface area contributed by atoms with Gasteiger partial charge in [0.05, 0.1) is 0 Å². The van der Waals surface area contributed by atoms with Gasteiger partial charge in [0.25, 0.3) is 5.91 Å². The molecule has 2 heterocycles. The molecule has 1 aliphatic carbocycles. The summed E-state index contributed by atoms with van der Waals surface area (Å²) in [6.45, 7) is -0.0472. The number of aryl methyl sites for hydroxylation is 1. The minimum absolute atomic E-state index is 0.0472. The van der Waals surface area contributed by atoms with E-state index < -0.39 is 11.6 Å². The molecule has 1 atom stereocenters. The van der Waals surface area contributed by atoms with Crippen molar-refractivity contribution in [1.82, 2.24) is 20.4 Å². The maximum Gasteiger partial charge on any atom is 0.325 e. The molecule has 5 rings (SSSR count). The van der Waals surface area contributed by atoms with Crippen molar-refractivity contribution in [1.29, 1.82) is 0 Å². The van der Waals surface area contributed by atoms with Crippen LogP contribution < -0.4 is 5.32 Å². The summed E-state index contributed by atoms with van der Waals surface area (Å²) >= 11 is 0. The number of nitrogens with one attached hydrogen (secondary N) is 1. The number of fused-ring (bicyclic) bond motifs is 2. The molecule has 2 aliphatic rings. The lowest BCUT2D eigenvalue weighted by Crippen LogP contribution is -2.41. The number of carbonyl (C=O) groups excluding carboxylic acids is 2. The summed E-state index contributed by atoms with van der Waals surface area (Å²) in [5.41, 5.74) is 1.78. The van der Waals surface area contributed by atoms with Crippen LogP contribution in [0.2, 0.25) is 0 Å². The highest BCUT2D eigenvalue weighted by Crippen LogP contribution is 2.41. The second-order valence-corrected chi connectivity index (χ2v) is 6.75. The molecule has 0 bridgehead atoms. The van der Waals surface area contributed by atoms with E-state index >= 15 is 0 Å². The smallest absolute Gasteiger partial charge is 0.325 e. The summed E-state index contributed by atoms with van der Waals surface area (Å²) in [6.07, 6.45) is 1.32. The van der Waals surface area contributed by atoms with Gasteiger partial charge in [-0.05, 0) is 36.1 Å². The molecule has 0 saturated carbocycles. The lowest BCUT2D eigenvalue weighted by atomic mass is 9.92. The Morgan fingerprint density at radius 3 is 2.67 bits per heavy atom. The number of urea groups is 1. The number of hydrogen-bond donors (Lipinski definition) is 1. The van der Waals surface area contributed by atoms with E-state index in [1.165, 1.54) is 0 Å². The van der Waals surface area contributed by atoms with Crippen molar-refractivity contribution >= 4 is 11.9 Å². The first-order valence-electron chi connectivity index (χ1n) is 8.78. The van der Waals surface area contributed by atoms with Crippen LogP contribution in [0.15, 0.2) is 59.0 Å². The van der Waals surface area contributed by atoms with E-state index in [0.29, 0.717) is 12.3 Å². The van der Waals surface area contributed by atoms with Crippen molar-refractivity contribution in [3.05, 3.63) is 71.6 Å². The van der Waals surface area contributed by atoms with Gasteiger partial charge in [-0.1, -0.05) is 42.5 Å². The molecule has 1 saturated heterocycles. The van der Waals surface area contributed by atoms with E-state index in [4.69, 9.17) is 4.42 Å². The monoisotopic (exact) mass is 360 g/mol. The molecule has 3 amide bonds. The van der Waals surface area contributed by atoms with Gasteiger partial charge in [0.2, 0.25) is 11.8 Å². The molecule has 2 aromatic carbocycles. The van der Waals surface area contributed by atoms with Crippen LogP contribution >= 0.6 is 0 Å². The Labute approximate surface area is 155 Å². The molecule has 27 heavy (non-hydrogen) atoms. The maximum absolute atomic E-state index is 13.1. The minimum Gasteiger partial charge on any atom is -0.419 e. The fraction of sp³-hybridized carbons (Fsp3) is 0.200. The Morgan fingerprint density at radius 2 is 1.81 bits per heavy atom. The summed E-state index contributed by atoms with van der Waals surface area (Å²) in [4.78, 5) is 26.8. The highest BCUT2D eigenvalue weighted by atomic mass is 16.4. The highest BCUT2D eigenvalue weighted by molar-refractivity contribution is 6.08. The zero-order valence-electron chi connectivity index (χ0n) is 14.4. The van der Waals surface area contributed by atoms with Crippen molar-refractivity contribution in [3.8, 4) is 11.5 Å². The fourth-order valence-electron chi connectivity index (χ4n) is 3.88.